The summed E-state index contributed by atoms with van der Waals surface area (Å²) >= 11 is 0. The monoisotopic (exact) mass is 289 g/mol. The van der Waals surface area contributed by atoms with Gasteiger partial charge in [0.1, 0.15) is 0 Å². The maximum atomic E-state index is 12.5. The van der Waals surface area contributed by atoms with Crippen molar-refractivity contribution >= 4 is 11.8 Å². The summed E-state index contributed by atoms with van der Waals surface area (Å²) in [7, 11) is 0. The van der Waals surface area contributed by atoms with Crippen LogP contribution in [0.1, 0.15) is 49.0 Å². The summed E-state index contributed by atoms with van der Waals surface area (Å²) in [6, 6.07) is 7.22. The van der Waals surface area contributed by atoms with Crippen molar-refractivity contribution in [3.63, 3.8) is 0 Å². The first-order valence-electron chi connectivity index (χ1n) is 7.56. The van der Waals surface area contributed by atoms with E-state index < -0.39 is 12.0 Å². The molecule has 1 aromatic rings. The highest BCUT2D eigenvalue weighted by Gasteiger charge is 2.30. The summed E-state index contributed by atoms with van der Waals surface area (Å²) in [5, 5.41) is 12.1. The van der Waals surface area contributed by atoms with E-state index in [2.05, 4.69) is 19.2 Å². The van der Waals surface area contributed by atoms with Gasteiger partial charge in [-0.25, -0.2) is 0 Å². The minimum Gasteiger partial charge on any atom is -0.481 e. The Morgan fingerprint density at radius 3 is 2.33 bits per heavy atom. The van der Waals surface area contributed by atoms with Crippen LogP contribution in [0.4, 0.5) is 0 Å². The number of benzene rings is 1. The highest BCUT2D eigenvalue weighted by Crippen LogP contribution is 2.21. The third-order valence-corrected chi connectivity index (χ3v) is 3.59. The van der Waals surface area contributed by atoms with Crippen LogP contribution < -0.4 is 5.32 Å². The first kappa shape index (κ1) is 15.7. The van der Waals surface area contributed by atoms with Gasteiger partial charge in [0.2, 0.25) is 0 Å². The first-order valence-corrected chi connectivity index (χ1v) is 7.56. The molecule has 0 heterocycles. The molecule has 0 saturated heterocycles. The molecule has 1 aromatic carbocycles. The Hall–Kier alpha value is -1.68. The van der Waals surface area contributed by atoms with E-state index >= 15 is 0 Å². The van der Waals surface area contributed by atoms with Crippen LogP contribution in [0.3, 0.4) is 0 Å². The molecule has 1 aliphatic rings. The van der Waals surface area contributed by atoms with Crippen LogP contribution in [0.2, 0.25) is 0 Å². The van der Waals surface area contributed by atoms with Gasteiger partial charge in [0.15, 0.2) is 5.78 Å². The van der Waals surface area contributed by atoms with E-state index in [1.165, 1.54) is 5.56 Å². The van der Waals surface area contributed by atoms with Gasteiger partial charge in [0, 0.05) is 11.6 Å². The first-order chi connectivity index (χ1) is 9.95. The molecular weight excluding hydrogens is 266 g/mol. The Kier molecular flexibility index (Phi) is 5.12. The summed E-state index contributed by atoms with van der Waals surface area (Å²) in [5.41, 5.74) is 1.79. The van der Waals surface area contributed by atoms with Gasteiger partial charge in [-0.05, 0) is 30.7 Å². The third-order valence-electron chi connectivity index (χ3n) is 3.59. The van der Waals surface area contributed by atoms with Gasteiger partial charge in [0.05, 0.1) is 12.5 Å². The van der Waals surface area contributed by atoms with Crippen LogP contribution in [-0.2, 0) is 11.2 Å². The van der Waals surface area contributed by atoms with Crippen LogP contribution >= 0.6 is 0 Å². The molecule has 0 aliphatic heterocycles. The molecule has 4 heteroatoms. The summed E-state index contributed by atoms with van der Waals surface area (Å²) in [4.78, 5) is 23.4. The van der Waals surface area contributed by atoms with Gasteiger partial charge in [0.25, 0.3) is 0 Å². The number of Topliss-reactive ketones (excluding diaryl/α,β-unsaturated/α-hetero) is 1. The summed E-state index contributed by atoms with van der Waals surface area (Å²) in [6.45, 7) is 4.31. The molecule has 1 aliphatic carbocycles. The zero-order chi connectivity index (χ0) is 15.4. The number of carboxylic acids is 1. The Balaban J connectivity index is 2.05. The molecule has 0 radical (unpaired) electrons. The van der Waals surface area contributed by atoms with E-state index in [-0.39, 0.29) is 12.2 Å². The summed E-state index contributed by atoms with van der Waals surface area (Å²) in [5.74, 6) is -0.499. The number of hydrogen-bond donors (Lipinski definition) is 2. The highest BCUT2D eigenvalue weighted by atomic mass is 16.4. The Labute approximate surface area is 125 Å². The molecule has 0 aromatic heterocycles. The van der Waals surface area contributed by atoms with Crippen LogP contribution in [-0.4, -0.2) is 28.9 Å². The smallest absolute Gasteiger partial charge is 0.305 e. The molecule has 114 valence electrons. The van der Waals surface area contributed by atoms with Crippen LogP contribution in [0.15, 0.2) is 24.3 Å². The molecule has 1 atom stereocenters. The van der Waals surface area contributed by atoms with Crippen molar-refractivity contribution in [2.24, 2.45) is 5.92 Å². The van der Waals surface area contributed by atoms with Crippen LogP contribution in [0.5, 0.6) is 0 Å². The van der Waals surface area contributed by atoms with Gasteiger partial charge in [-0.2, -0.15) is 0 Å². The second-order valence-electron chi connectivity index (χ2n) is 6.25. The van der Waals surface area contributed by atoms with Gasteiger partial charge in [-0.1, -0.05) is 38.1 Å². The molecule has 1 saturated carbocycles. The number of aliphatic carboxylic acids is 1. The lowest BCUT2D eigenvalue weighted by Crippen LogP contribution is -2.40. The maximum absolute atomic E-state index is 12.5. The average molecular weight is 289 g/mol. The highest BCUT2D eigenvalue weighted by molar-refractivity contribution is 6.01. The second-order valence-corrected chi connectivity index (χ2v) is 6.25. The minimum absolute atomic E-state index is 0.125. The van der Waals surface area contributed by atoms with Gasteiger partial charge >= 0.3 is 5.97 Å². The number of carbonyl (C=O) groups excluding carboxylic acids is 1. The number of hydrogen-bond acceptors (Lipinski definition) is 3. The second kappa shape index (κ2) is 6.85. The molecule has 1 fully saturated rings. The Morgan fingerprint density at radius 1 is 1.24 bits per heavy atom. The van der Waals surface area contributed by atoms with E-state index in [1.807, 2.05) is 24.3 Å². The zero-order valence-corrected chi connectivity index (χ0v) is 12.6. The summed E-state index contributed by atoms with van der Waals surface area (Å²) in [6.07, 6.45) is 2.86. The van der Waals surface area contributed by atoms with Crippen molar-refractivity contribution in [2.75, 3.05) is 0 Å². The van der Waals surface area contributed by atoms with E-state index in [0.29, 0.717) is 17.5 Å². The molecule has 0 spiro atoms. The van der Waals surface area contributed by atoms with Crippen LogP contribution in [0.25, 0.3) is 0 Å². The van der Waals surface area contributed by atoms with Crippen LogP contribution in [0, 0.1) is 5.92 Å². The molecular formula is C17H23NO3. The zero-order valence-electron chi connectivity index (χ0n) is 12.6. The predicted molar refractivity (Wildman–Crippen MR) is 81.5 cm³/mol. The normalized spacial score (nSPS) is 16.0. The van der Waals surface area contributed by atoms with Gasteiger partial charge < -0.3 is 10.4 Å². The Bertz CT molecular complexity index is 503. The lowest BCUT2D eigenvalue weighted by Gasteiger charge is -2.15. The van der Waals surface area contributed by atoms with E-state index in [1.54, 1.807) is 0 Å². The molecule has 2 N–H and O–H groups in total. The van der Waals surface area contributed by atoms with Crippen molar-refractivity contribution in [2.45, 2.75) is 51.6 Å². The van der Waals surface area contributed by atoms with E-state index in [4.69, 9.17) is 5.11 Å². The Morgan fingerprint density at radius 2 is 1.86 bits per heavy atom. The fourth-order valence-electron chi connectivity index (χ4n) is 2.41. The molecule has 0 bridgehead atoms. The van der Waals surface area contributed by atoms with Crippen molar-refractivity contribution in [3.05, 3.63) is 35.4 Å². The largest absolute Gasteiger partial charge is 0.481 e. The quantitative estimate of drug-likeness (QED) is 0.722. The lowest BCUT2D eigenvalue weighted by atomic mass is 9.97. The number of rotatable bonds is 8. The molecule has 1 unspecified atom stereocenters. The SMILES string of the molecule is CC(C)Cc1ccc(C(=O)C(CC(=O)O)NC2CC2)cc1. The number of carboxylic acid groups (broad SMARTS) is 1. The van der Waals surface area contributed by atoms with Crippen molar-refractivity contribution in [1.82, 2.24) is 5.32 Å². The van der Waals surface area contributed by atoms with Gasteiger partial charge in [-0.15, -0.1) is 0 Å². The van der Waals surface area contributed by atoms with Crippen molar-refractivity contribution in [3.8, 4) is 0 Å². The molecule has 4 nitrogen and oxygen atoms in total. The van der Waals surface area contributed by atoms with Gasteiger partial charge in [-0.3, -0.25) is 9.59 Å². The minimum atomic E-state index is -0.946. The van der Waals surface area contributed by atoms with E-state index in [9.17, 15) is 9.59 Å². The third kappa shape index (κ3) is 4.97. The molecule has 2 rings (SSSR count). The lowest BCUT2D eigenvalue weighted by molar-refractivity contribution is -0.137. The number of carbonyl (C=O) groups is 2. The molecule has 21 heavy (non-hydrogen) atoms. The maximum Gasteiger partial charge on any atom is 0.305 e. The number of ketones is 1. The predicted octanol–water partition coefficient (Wildman–Crippen LogP) is 2.66. The van der Waals surface area contributed by atoms with Crippen molar-refractivity contribution in [1.29, 1.82) is 0 Å². The topological polar surface area (TPSA) is 66.4 Å². The fraction of sp³-hybridized carbons (Fsp3) is 0.529. The fourth-order valence-corrected chi connectivity index (χ4v) is 2.41. The van der Waals surface area contributed by atoms with Crippen molar-refractivity contribution < 1.29 is 14.7 Å². The standard InChI is InChI=1S/C17H23NO3/c1-11(2)9-12-3-5-13(6-4-12)17(21)15(10-16(19)20)18-14-7-8-14/h3-6,11,14-15,18H,7-10H2,1-2H3,(H,19,20). The van der Waals surface area contributed by atoms with E-state index in [0.717, 1.165) is 19.3 Å². The summed E-state index contributed by atoms with van der Waals surface area (Å²) < 4.78 is 0. The number of nitrogens with one attached hydrogen (secondary N) is 1. The average Bonchev–Trinajstić information content (AvgIpc) is 3.21. The molecule has 0 amide bonds.